The van der Waals surface area contributed by atoms with Crippen molar-refractivity contribution in [3.8, 4) is 0 Å². The molecule has 0 aliphatic heterocycles. The molecule has 1 atom stereocenters. The molecule has 0 heterocycles. The standard InChI is InChI=1S/C11H17ClN2O2S2/c1-3-17-7-8(2)14-18(15,16)9-4-5-10(12)11(13)6-9/h4-6,8,14H,3,7,13H2,1-2H3. The molecule has 7 heteroatoms. The predicted octanol–water partition coefficient (Wildman–Crippen LogP) is 2.34. The Balaban J connectivity index is 2.83. The Hall–Kier alpha value is -0.430. The van der Waals surface area contributed by atoms with Crippen LogP contribution in [0.15, 0.2) is 23.1 Å². The van der Waals surface area contributed by atoms with Gasteiger partial charge in [-0.25, -0.2) is 13.1 Å². The molecule has 0 aliphatic rings. The van der Waals surface area contributed by atoms with Gasteiger partial charge in [0.05, 0.1) is 15.6 Å². The maximum atomic E-state index is 12.1. The van der Waals surface area contributed by atoms with E-state index in [0.717, 1.165) is 11.5 Å². The molecule has 4 nitrogen and oxygen atoms in total. The van der Waals surface area contributed by atoms with Crippen LogP contribution in [-0.4, -0.2) is 26.0 Å². The second-order valence-electron chi connectivity index (χ2n) is 3.87. The maximum Gasteiger partial charge on any atom is 0.240 e. The SMILES string of the molecule is CCSCC(C)NS(=O)(=O)c1ccc(Cl)c(N)c1. The lowest BCUT2D eigenvalue weighted by Crippen LogP contribution is -2.34. The van der Waals surface area contributed by atoms with Crippen molar-refractivity contribution in [2.24, 2.45) is 0 Å². The highest BCUT2D eigenvalue weighted by Gasteiger charge is 2.17. The van der Waals surface area contributed by atoms with Crippen molar-refractivity contribution in [1.29, 1.82) is 0 Å². The summed E-state index contributed by atoms with van der Waals surface area (Å²) in [5.41, 5.74) is 5.86. The number of hydrogen-bond donors (Lipinski definition) is 2. The highest BCUT2D eigenvalue weighted by molar-refractivity contribution is 7.99. The van der Waals surface area contributed by atoms with Gasteiger partial charge in [0.1, 0.15) is 0 Å². The zero-order chi connectivity index (χ0) is 13.8. The molecule has 0 fully saturated rings. The lowest BCUT2D eigenvalue weighted by atomic mass is 10.3. The minimum atomic E-state index is -3.53. The second kappa shape index (κ2) is 6.65. The summed E-state index contributed by atoms with van der Waals surface area (Å²) in [4.78, 5) is 0.137. The van der Waals surface area contributed by atoms with Crippen molar-refractivity contribution < 1.29 is 8.42 Å². The molecule has 1 aromatic carbocycles. The lowest BCUT2D eigenvalue weighted by molar-refractivity contribution is 0.571. The molecule has 0 bridgehead atoms. The van der Waals surface area contributed by atoms with E-state index in [9.17, 15) is 8.42 Å². The molecule has 0 spiro atoms. The zero-order valence-electron chi connectivity index (χ0n) is 10.3. The van der Waals surface area contributed by atoms with Crippen LogP contribution in [0.25, 0.3) is 0 Å². The van der Waals surface area contributed by atoms with Gasteiger partial charge in [-0.05, 0) is 30.9 Å². The molecule has 1 unspecified atom stereocenters. The summed E-state index contributed by atoms with van der Waals surface area (Å²) in [6.45, 7) is 3.87. The summed E-state index contributed by atoms with van der Waals surface area (Å²) in [5.74, 6) is 1.69. The topological polar surface area (TPSA) is 72.2 Å². The number of anilines is 1. The molecule has 1 rings (SSSR count). The Morgan fingerprint density at radius 3 is 2.72 bits per heavy atom. The number of rotatable bonds is 6. The van der Waals surface area contributed by atoms with Gasteiger partial charge < -0.3 is 5.73 Å². The van der Waals surface area contributed by atoms with Crippen molar-refractivity contribution in [2.45, 2.75) is 24.8 Å². The average Bonchev–Trinajstić information content (AvgIpc) is 2.29. The van der Waals surface area contributed by atoms with Crippen LogP contribution >= 0.6 is 23.4 Å². The van der Waals surface area contributed by atoms with Crippen LogP contribution in [0.5, 0.6) is 0 Å². The van der Waals surface area contributed by atoms with Crippen LogP contribution in [0.1, 0.15) is 13.8 Å². The fourth-order valence-corrected chi connectivity index (χ4v) is 3.52. The normalized spacial score (nSPS) is 13.5. The van der Waals surface area contributed by atoms with Crippen LogP contribution in [0.2, 0.25) is 5.02 Å². The summed E-state index contributed by atoms with van der Waals surface area (Å²) >= 11 is 7.45. The summed E-state index contributed by atoms with van der Waals surface area (Å²) in [6.07, 6.45) is 0. The Bertz CT molecular complexity index is 506. The second-order valence-corrected chi connectivity index (χ2v) is 7.31. The number of halogens is 1. The zero-order valence-corrected chi connectivity index (χ0v) is 12.7. The molecular weight excluding hydrogens is 292 g/mol. The molecule has 0 aromatic heterocycles. The minimum absolute atomic E-state index is 0.128. The highest BCUT2D eigenvalue weighted by Crippen LogP contribution is 2.22. The van der Waals surface area contributed by atoms with Crippen LogP contribution in [0.3, 0.4) is 0 Å². The quantitative estimate of drug-likeness (QED) is 0.791. The monoisotopic (exact) mass is 308 g/mol. The third-order valence-electron chi connectivity index (χ3n) is 2.21. The molecule has 3 N–H and O–H groups in total. The average molecular weight is 309 g/mol. The number of nitrogen functional groups attached to an aromatic ring is 1. The minimum Gasteiger partial charge on any atom is -0.397 e. The van der Waals surface area contributed by atoms with Crippen LogP contribution in [0, 0.1) is 0 Å². The molecule has 1 aromatic rings. The van der Waals surface area contributed by atoms with E-state index in [1.54, 1.807) is 11.8 Å². The van der Waals surface area contributed by atoms with Crippen molar-refractivity contribution in [2.75, 3.05) is 17.2 Å². The Morgan fingerprint density at radius 2 is 2.17 bits per heavy atom. The maximum absolute atomic E-state index is 12.1. The van der Waals surface area contributed by atoms with Gasteiger partial charge in [0.15, 0.2) is 0 Å². The van der Waals surface area contributed by atoms with Gasteiger partial charge >= 0.3 is 0 Å². The van der Waals surface area contributed by atoms with E-state index in [-0.39, 0.29) is 16.6 Å². The van der Waals surface area contributed by atoms with Crippen molar-refractivity contribution in [3.63, 3.8) is 0 Å². The van der Waals surface area contributed by atoms with Crippen LogP contribution < -0.4 is 10.5 Å². The first-order chi connectivity index (χ1) is 8.36. The number of hydrogen-bond acceptors (Lipinski definition) is 4. The summed E-state index contributed by atoms with van der Waals surface area (Å²) < 4.78 is 26.7. The van der Waals surface area contributed by atoms with E-state index in [4.69, 9.17) is 17.3 Å². The van der Waals surface area contributed by atoms with Gasteiger partial charge in [-0.2, -0.15) is 11.8 Å². The first kappa shape index (κ1) is 15.6. The van der Waals surface area contributed by atoms with Gasteiger partial charge in [-0.1, -0.05) is 18.5 Å². The van der Waals surface area contributed by atoms with Gasteiger partial charge in [0.25, 0.3) is 0 Å². The smallest absolute Gasteiger partial charge is 0.240 e. The lowest BCUT2D eigenvalue weighted by Gasteiger charge is -2.14. The fraction of sp³-hybridized carbons (Fsp3) is 0.455. The molecule has 18 heavy (non-hydrogen) atoms. The van der Waals surface area contributed by atoms with Gasteiger partial charge in [0.2, 0.25) is 10.0 Å². The van der Waals surface area contributed by atoms with Crippen LogP contribution in [-0.2, 0) is 10.0 Å². The Kier molecular flexibility index (Phi) is 5.78. The predicted molar refractivity (Wildman–Crippen MR) is 78.6 cm³/mol. The number of nitrogens with one attached hydrogen (secondary N) is 1. The van der Waals surface area contributed by atoms with Crippen molar-refractivity contribution in [1.82, 2.24) is 4.72 Å². The number of benzene rings is 1. The van der Waals surface area contributed by atoms with E-state index in [0.29, 0.717) is 5.02 Å². The number of thioether (sulfide) groups is 1. The van der Waals surface area contributed by atoms with E-state index in [1.807, 2.05) is 13.8 Å². The van der Waals surface area contributed by atoms with E-state index in [2.05, 4.69) is 4.72 Å². The highest BCUT2D eigenvalue weighted by atomic mass is 35.5. The van der Waals surface area contributed by atoms with Gasteiger partial charge in [-0.3, -0.25) is 0 Å². The Morgan fingerprint density at radius 1 is 1.50 bits per heavy atom. The van der Waals surface area contributed by atoms with Gasteiger partial charge in [-0.15, -0.1) is 0 Å². The molecule has 0 radical (unpaired) electrons. The molecule has 0 amide bonds. The molecule has 0 aliphatic carbocycles. The van der Waals surface area contributed by atoms with E-state index in [1.165, 1.54) is 18.2 Å². The molecule has 0 saturated heterocycles. The first-order valence-corrected chi connectivity index (χ1v) is 8.53. The van der Waals surface area contributed by atoms with E-state index < -0.39 is 10.0 Å². The summed E-state index contributed by atoms with van der Waals surface area (Å²) in [7, 11) is -3.53. The summed E-state index contributed by atoms with van der Waals surface area (Å²) in [6, 6.07) is 4.17. The number of nitrogens with two attached hydrogens (primary N) is 1. The van der Waals surface area contributed by atoms with Gasteiger partial charge in [0, 0.05) is 11.8 Å². The third-order valence-corrected chi connectivity index (χ3v) is 5.28. The fourth-order valence-electron chi connectivity index (χ4n) is 1.35. The van der Waals surface area contributed by atoms with Crippen molar-refractivity contribution in [3.05, 3.63) is 23.2 Å². The molecule has 0 saturated carbocycles. The largest absolute Gasteiger partial charge is 0.397 e. The Labute approximate surface area is 117 Å². The molecular formula is C11H17ClN2O2S2. The van der Waals surface area contributed by atoms with E-state index >= 15 is 0 Å². The number of sulfonamides is 1. The third kappa shape index (κ3) is 4.35. The summed E-state index contributed by atoms with van der Waals surface area (Å²) in [5, 5.41) is 0.350. The molecule has 102 valence electrons. The first-order valence-electron chi connectivity index (χ1n) is 5.52. The van der Waals surface area contributed by atoms with Crippen LogP contribution in [0.4, 0.5) is 5.69 Å². The van der Waals surface area contributed by atoms with Crippen molar-refractivity contribution >= 4 is 39.1 Å².